The number of aryl methyl sites for hydroxylation is 2. The van der Waals surface area contributed by atoms with E-state index >= 15 is 0 Å². The minimum absolute atomic E-state index is 0. The molecule has 0 bridgehead atoms. The molecule has 1 fully saturated rings. The third kappa shape index (κ3) is 4.67. The number of likely N-dealkylation sites (N-methyl/N-ethyl adjacent to an activating group) is 1. The number of piperazine rings is 1. The molecule has 1 aliphatic heterocycles. The third-order valence-electron chi connectivity index (χ3n) is 3.91. The normalized spacial score (nSPS) is 18.7. The van der Waals surface area contributed by atoms with E-state index in [1.54, 1.807) is 0 Å². The first-order valence-electron chi connectivity index (χ1n) is 7.31. The molecular formula is C15H19BrCl2N4O. The number of rotatable bonds is 4. The van der Waals surface area contributed by atoms with E-state index in [1.807, 2.05) is 18.2 Å². The number of hydrogen-bond acceptors (Lipinski definition) is 5. The first-order valence-corrected chi connectivity index (χ1v) is 8.48. The molecule has 1 saturated heterocycles. The molecule has 1 aliphatic rings. The quantitative estimate of drug-likeness (QED) is 0.820. The van der Waals surface area contributed by atoms with Gasteiger partial charge in [0.05, 0.1) is 6.04 Å². The number of nitrogens with one attached hydrogen (secondary N) is 1. The van der Waals surface area contributed by atoms with Gasteiger partial charge in [0.2, 0.25) is 5.89 Å². The van der Waals surface area contributed by atoms with Gasteiger partial charge in [0, 0.05) is 35.6 Å². The first-order chi connectivity index (χ1) is 10.6. The summed E-state index contributed by atoms with van der Waals surface area (Å²) in [5.41, 5.74) is 1.14. The van der Waals surface area contributed by atoms with E-state index in [4.69, 9.17) is 16.1 Å². The standard InChI is InChI=1S/C15H18BrClN4O.ClH/c1-21-7-6-18-9-13(21)15-19-14(22-20-15)5-2-10-8-11(17)3-4-12(10)16;/h3-4,8,13,18H,2,5-7,9H2,1H3;1H. The Morgan fingerprint density at radius 2 is 2.26 bits per heavy atom. The van der Waals surface area contributed by atoms with Crippen molar-refractivity contribution in [1.82, 2.24) is 20.4 Å². The van der Waals surface area contributed by atoms with Gasteiger partial charge in [-0.1, -0.05) is 32.7 Å². The van der Waals surface area contributed by atoms with E-state index in [0.29, 0.717) is 12.3 Å². The van der Waals surface area contributed by atoms with Crippen molar-refractivity contribution in [2.24, 2.45) is 0 Å². The monoisotopic (exact) mass is 420 g/mol. The molecule has 0 radical (unpaired) electrons. The average molecular weight is 422 g/mol. The maximum absolute atomic E-state index is 6.04. The van der Waals surface area contributed by atoms with Gasteiger partial charge in [-0.05, 0) is 37.2 Å². The Morgan fingerprint density at radius 1 is 1.43 bits per heavy atom. The summed E-state index contributed by atoms with van der Waals surface area (Å²) in [7, 11) is 2.09. The predicted octanol–water partition coefficient (Wildman–Crippen LogP) is 3.27. The second kappa shape index (κ2) is 8.44. The van der Waals surface area contributed by atoms with E-state index in [-0.39, 0.29) is 18.4 Å². The van der Waals surface area contributed by atoms with Gasteiger partial charge in [0.1, 0.15) is 0 Å². The van der Waals surface area contributed by atoms with Crippen LogP contribution in [-0.2, 0) is 12.8 Å². The van der Waals surface area contributed by atoms with Gasteiger partial charge < -0.3 is 9.84 Å². The highest BCUT2D eigenvalue weighted by Gasteiger charge is 2.25. The molecule has 3 rings (SSSR count). The molecule has 5 nitrogen and oxygen atoms in total. The van der Waals surface area contributed by atoms with Gasteiger partial charge in [-0.25, -0.2) is 0 Å². The Balaban J connectivity index is 0.00000192. The van der Waals surface area contributed by atoms with E-state index < -0.39 is 0 Å². The highest BCUT2D eigenvalue weighted by molar-refractivity contribution is 9.10. The topological polar surface area (TPSA) is 54.2 Å². The Morgan fingerprint density at radius 3 is 3.04 bits per heavy atom. The van der Waals surface area contributed by atoms with Crippen molar-refractivity contribution in [3.8, 4) is 0 Å². The lowest BCUT2D eigenvalue weighted by Gasteiger charge is -2.30. The van der Waals surface area contributed by atoms with Gasteiger partial charge in [-0.2, -0.15) is 4.98 Å². The van der Waals surface area contributed by atoms with Crippen LogP contribution in [0, 0.1) is 0 Å². The van der Waals surface area contributed by atoms with Crippen LogP contribution in [-0.4, -0.2) is 41.7 Å². The van der Waals surface area contributed by atoms with Crippen molar-refractivity contribution in [2.45, 2.75) is 18.9 Å². The zero-order chi connectivity index (χ0) is 15.5. The van der Waals surface area contributed by atoms with Crippen LogP contribution in [0.25, 0.3) is 0 Å². The van der Waals surface area contributed by atoms with Gasteiger partial charge in [-0.15, -0.1) is 12.4 Å². The highest BCUT2D eigenvalue weighted by atomic mass is 79.9. The molecule has 0 aliphatic carbocycles. The van der Waals surface area contributed by atoms with Crippen LogP contribution >= 0.6 is 39.9 Å². The van der Waals surface area contributed by atoms with Crippen LogP contribution in [0.1, 0.15) is 23.3 Å². The summed E-state index contributed by atoms with van der Waals surface area (Å²) in [5, 5.41) is 8.23. The summed E-state index contributed by atoms with van der Waals surface area (Å²) in [6, 6.07) is 5.97. The van der Waals surface area contributed by atoms with E-state index in [9.17, 15) is 0 Å². The van der Waals surface area contributed by atoms with Crippen LogP contribution in [0.3, 0.4) is 0 Å². The van der Waals surface area contributed by atoms with Gasteiger partial charge in [-0.3, -0.25) is 4.90 Å². The molecule has 23 heavy (non-hydrogen) atoms. The largest absolute Gasteiger partial charge is 0.339 e. The summed E-state index contributed by atoms with van der Waals surface area (Å²) >= 11 is 9.57. The van der Waals surface area contributed by atoms with E-state index in [2.05, 4.69) is 43.3 Å². The Hall–Kier alpha value is -0.660. The second-order valence-corrected chi connectivity index (χ2v) is 6.77. The summed E-state index contributed by atoms with van der Waals surface area (Å²) in [6.07, 6.45) is 1.51. The summed E-state index contributed by atoms with van der Waals surface area (Å²) in [5.74, 6) is 1.43. The molecule has 0 spiro atoms. The Labute approximate surface area is 155 Å². The van der Waals surface area contributed by atoms with Crippen LogP contribution in [0.4, 0.5) is 0 Å². The molecule has 8 heteroatoms. The fourth-order valence-electron chi connectivity index (χ4n) is 2.58. The molecule has 1 atom stereocenters. The highest BCUT2D eigenvalue weighted by Crippen LogP contribution is 2.23. The van der Waals surface area contributed by atoms with Crippen molar-refractivity contribution in [1.29, 1.82) is 0 Å². The Kier molecular flexibility index (Phi) is 6.85. The van der Waals surface area contributed by atoms with Gasteiger partial charge in [0.25, 0.3) is 0 Å². The number of benzene rings is 1. The number of hydrogen-bond donors (Lipinski definition) is 1. The Bertz CT molecular complexity index is 652. The maximum atomic E-state index is 6.04. The summed E-state index contributed by atoms with van der Waals surface area (Å²) < 4.78 is 6.44. The smallest absolute Gasteiger partial charge is 0.227 e. The lowest BCUT2D eigenvalue weighted by molar-refractivity contribution is 0.190. The van der Waals surface area contributed by atoms with Crippen molar-refractivity contribution in [3.63, 3.8) is 0 Å². The molecule has 1 unspecified atom stereocenters. The van der Waals surface area contributed by atoms with Crippen LogP contribution in [0.15, 0.2) is 27.2 Å². The molecule has 0 saturated carbocycles. The van der Waals surface area contributed by atoms with Gasteiger partial charge in [0.15, 0.2) is 5.82 Å². The first kappa shape index (κ1) is 18.7. The van der Waals surface area contributed by atoms with Gasteiger partial charge >= 0.3 is 0 Å². The molecule has 2 aromatic rings. The maximum Gasteiger partial charge on any atom is 0.227 e. The summed E-state index contributed by atoms with van der Waals surface area (Å²) in [4.78, 5) is 6.79. The van der Waals surface area contributed by atoms with Crippen molar-refractivity contribution < 1.29 is 4.52 Å². The minimum Gasteiger partial charge on any atom is -0.339 e. The zero-order valence-electron chi connectivity index (χ0n) is 12.8. The van der Waals surface area contributed by atoms with E-state index in [1.165, 1.54) is 0 Å². The SMILES string of the molecule is CN1CCNCC1c1noc(CCc2cc(Cl)ccc2Br)n1.Cl. The number of halogens is 3. The fraction of sp³-hybridized carbons (Fsp3) is 0.467. The average Bonchev–Trinajstić information content (AvgIpc) is 2.97. The van der Waals surface area contributed by atoms with Crippen molar-refractivity contribution >= 4 is 39.9 Å². The van der Waals surface area contributed by atoms with Crippen LogP contribution < -0.4 is 5.32 Å². The molecule has 0 amide bonds. The second-order valence-electron chi connectivity index (χ2n) is 5.48. The number of nitrogens with zero attached hydrogens (tertiary/aromatic N) is 3. The molecule has 126 valence electrons. The van der Waals surface area contributed by atoms with Crippen molar-refractivity contribution in [3.05, 3.63) is 45.0 Å². The molecule has 1 aromatic carbocycles. The molecule has 1 aromatic heterocycles. The zero-order valence-corrected chi connectivity index (χ0v) is 15.9. The molecule has 2 heterocycles. The minimum atomic E-state index is 0. The predicted molar refractivity (Wildman–Crippen MR) is 96.3 cm³/mol. The number of aromatic nitrogens is 2. The van der Waals surface area contributed by atoms with Crippen LogP contribution in [0.2, 0.25) is 5.02 Å². The third-order valence-corrected chi connectivity index (χ3v) is 4.92. The van der Waals surface area contributed by atoms with E-state index in [0.717, 1.165) is 46.9 Å². The molecular weight excluding hydrogens is 403 g/mol. The fourth-order valence-corrected chi connectivity index (χ4v) is 3.22. The lowest BCUT2D eigenvalue weighted by Crippen LogP contribution is -2.44. The molecule has 1 N–H and O–H groups in total. The van der Waals surface area contributed by atoms with Crippen molar-refractivity contribution in [2.75, 3.05) is 26.7 Å². The lowest BCUT2D eigenvalue weighted by atomic mass is 10.1. The summed E-state index contributed by atoms with van der Waals surface area (Å²) in [6.45, 7) is 2.85. The van der Waals surface area contributed by atoms with Crippen LogP contribution in [0.5, 0.6) is 0 Å².